The maximum atomic E-state index is 13.0. The highest BCUT2D eigenvalue weighted by atomic mass is 35.5. The van der Waals surface area contributed by atoms with Gasteiger partial charge < -0.3 is 36.4 Å². The number of hydrogen-bond acceptors (Lipinski definition) is 12. The Morgan fingerprint density at radius 1 is 0.944 bits per heavy atom. The van der Waals surface area contributed by atoms with E-state index >= 15 is 0 Å². The summed E-state index contributed by atoms with van der Waals surface area (Å²) in [4.78, 5) is 61.9. The van der Waals surface area contributed by atoms with Crippen molar-refractivity contribution >= 4 is 52.4 Å². The van der Waals surface area contributed by atoms with E-state index in [1.165, 1.54) is 30.7 Å². The summed E-state index contributed by atoms with van der Waals surface area (Å²) >= 11 is 6.03. The first-order valence-corrected chi connectivity index (χ1v) is 17.9. The Balaban J connectivity index is 0.969. The van der Waals surface area contributed by atoms with Crippen LogP contribution < -0.4 is 42.2 Å². The van der Waals surface area contributed by atoms with Crippen molar-refractivity contribution in [2.75, 3.05) is 34.4 Å². The molecule has 1 amide bonds. The molecule has 0 saturated heterocycles. The zero-order valence-corrected chi connectivity index (χ0v) is 29.4. The van der Waals surface area contributed by atoms with E-state index < -0.39 is 53.1 Å². The molecule has 14 nitrogen and oxygen atoms in total. The minimum atomic E-state index is -4.63. The van der Waals surface area contributed by atoms with Crippen molar-refractivity contribution in [3.8, 4) is 6.01 Å². The van der Waals surface area contributed by atoms with E-state index in [1.54, 1.807) is 12.1 Å². The topological polar surface area (TPSA) is 197 Å². The van der Waals surface area contributed by atoms with Gasteiger partial charge in [0.1, 0.15) is 17.4 Å². The number of nitrogens with zero attached hydrogens (tertiary/aromatic N) is 3. The Morgan fingerprint density at radius 3 is 2.28 bits per heavy atom. The summed E-state index contributed by atoms with van der Waals surface area (Å²) in [5.74, 6) is -1.03. The molecule has 7 rings (SSSR count). The van der Waals surface area contributed by atoms with Gasteiger partial charge in [0.25, 0.3) is 16.8 Å². The summed E-state index contributed by atoms with van der Waals surface area (Å²) in [5, 5.41) is 25.0. The lowest BCUT2D eigenvalue weighted by atomic mass is 9.94. The van der Waals surface area contributed by atoms with Crippen LogP contribution in [-0.4, -0.2) is 63.3 Å². The van der Waals surface area contributed by atoms with Crippen LogP contribution in [0.5, 0.6) is 6.01 Å². The van der Waals surface area contributed by atoms with Crippen molar-refractivity contribution in [3.05, 3.63) is 85.1 Å². The fourth-order valence-corrected chi connectivity index (χ4v) is 7.38. The van der Waals surface area contributed by atoms with E-state index in [9.17, 15) is 37.5 Å². The third kappa shape index (κ3) is 8.35. The normalized spacial score (nSPS) is 20.3. The quantitative estimate of drug-likeness (QED) is 0.0816. The molecule has 0 unspecified atom stereocenters. The van der Waals surface area contributed by atoms with Gasteiger partial charge in [-0.05, 0) is 92.3 Å². The van der Waals surface area contributed by atoms with Gasteiger partial charge in [0.05, 0.1) is 5.54 Å². The number of amides is 1. The molecule has 2 bridgehead atoms. The number of carbonyl (C=O) groups is 2. The molecule has 0 radical (unpaired) electrons. The lowest BCUT2D eigenvalue weighted by Crippen LogP contribution is -2.43. The van der Waals surface area contributed by atoms with Gasteiger partial charge in [-0.1, -0.05) is 30.2 Å². The van der Waals surface area contributed by atoms with Crippen LogP contribution in [0.25, 0.3) is 0 Å². The number of aromatic nitrogens is 3. The monoisotopic (exact) mass is 768 g/mol. The SMILES string of the molecule is O=C(N[C@@H](CCNc1c(N[C@@H]2C[C@H]3CC[C@@H]2C3)c(=O)c1=O)C(=O)O)c1ccc(Nc2nc(NC3(c4ccc(Cl)cc4)CC3)nc(OCC(F)(F)F)n2)cc1. The first-order chi connectivity index (χ1) is 25.7. The molecule has 3 aliphatic carbocycles. The smallest absolute Gasteiger partial charge is 0.422 e. The van der Waals surface area contributed by atoms with E-state index in [2.05, 4.69) is 41.5 Å². The van der Waals surface area contributed by atoms with Gasteiger partial charge >= 0.3 is 18.2 Å². The average Bonchev–Trinajstić information content (AvgIpc) is 3.59. The Labute approximate surface area is 311 Å². The summed E-state index contributed by atoms with van der Waals surface area (Å²) < 4.78 is 43.7. The van der Waals surface area contributed by atoms with E-state index in [4.69, 9.17) is 16.3 Å². The summed E-state index contributed by atoms with van der Waals surface area (Å²) in [6.45, 7) is -1.61. The molecule has 3 aliphatic rings. The molecule has 18 heteroatoms. The molecule has 3 aromatic carbocycles. The number of nitrogens with one attached hydrogen (secondary N) is 5. The molecule has 284 valence electrons. The van der Waals surface area contributed by atoms with E-state index in [-0.39, 0.29) is 47.8 Å². The van der Waals surface area contributed by atoms with Crippen LogP contribution in [0.3, 0.4) is 0 Å². The Hall–Kier alpha value is -5.45. The number of alkyl halides is 3. The zero-order valence-electron chi connectivity index (χ0n) is 28.6. The number of fused-ring (bicyclic) bond motifs is 2. The molecular weight excluding hydrogens is 733 g/mol. The minimum absolute atomic E-state index is 0.00856. The zero-order chi connectivity index (χ0) is 38.2. The molecule has 4 aromatic rings. The molecule has 4 atom stereocenters. The largest absolute Gasteiger partial charge is 0.480 e. The maximum absolute atomic E-state index is 13.0. The fourth-order valence-electron chi connectivity index (χ4n) is 7.25. The van der Waals surface area contributed by atoms with Crippen LogP contribution in [0, 0.1) is 11.8 Å². The second-order valence-electron chi connectivity index (χ2n) is 14.0. The molecule has 6 N–H and O–H groups in total. The highest BCUT2D eigenvalue weighted by molar-refractivity contribution is 6.30. The van der Waals surface area contributed by atoms with Crippen molar-refractivity contribution in [2.24, 2.45) is 11.8 Å². The third-order valence-corrected chi connectivity index (χ3v) is 10.4. The van der Waals surface area contributed by atoms with Crippen LogP contribution in [0.15, 0.2) is 58.1 Å². The molecule has 0 aliphatic heterocycles. The minimum Gasteiger partial charge on any atom is -0.480 e. The highest BCUT2D eigenvalue weighted by Crippen LogP contribution is 2.48. The first kappa shape index (κ1) is 36.9. The second-order valence-corrected chi connectivity index (χ2v) is 14.4. The van der Waals surface area contributed by atoms with Gasteiger partial charge in [-0.3, -0.25) is 14.4 Å². The number of aliphatic carboxylic acids is 1. The molecule has 54 heavy (non-hydrogen) atoms. The van der Waals surface area contributed by atoms with E-state index in [1.807, 2.05) is 12.1 Å². The number of carboxylic acid groups (broad SMARTS) is 1. The van der Waals surface area contributed by atoms with Crippen molar-refractivity contribution in [3.63, 3.8) is 0 Å². The molecule has 1 aromatic heterocycles. The highest BCUT2D eigenvalue weighted by Gasteiger charge is 2.45. The van der Waals surface area contributed by atoms with Crippen LogP contribution in [0.2, 0.25) is 5.02 Å². The number of carbonyl (C=O) groups excluding carboxylic acids is 1. The van der Waals surface area contributed by atoms with Gasteiger partial charge in [-0.15, -0.1) is 0 Å². The van der Waals surface area contributed by atoms with Gasteiger partial charge in [0.15, 0.2) is 6.61 Å². The molecule has 0 spiro atoms. The summed E-state index contributed by atoms with van der Waals surface area (Å²) in [6, 6.07) is 11.2. The molecule has 3 saturated carbocycles. The van der Waals surface area contributed by atoms with Crippen molar-refractivity contribution < 1.29 is 32.6 Å². The van der Waals surface area contributed by atoms with Gasteiger partial charge in [0, 0.05) is 28.9 Å². The number of benzene rings is 2. The summed E-state index contributed by atoms with van der Waals surface area (Å²) in [7, 11) is 0. The van der Waals surface area contributed by atoms with Crippen LogP contribution in [-0.2, 0) is 10.3 Å². The predicted molar refractivity (Wildman–Crippen MR) is 193 cm³/mol. The van der Waals surface area contributed by atoms with Gasteiger partial charge in [-0.2, -0.15) is 28.1 Å². The number of carboxylic acids is 1. The standard InChI is InChI=1S/C36H36ClF3N8O6/c37-22-7-5-21(6-8-22)35(12-13-35)48-33-45-32(46-34(47-33)54-17-36(38,39)40)42-23-9-3-19(4-10-23)30(51)44-24(31(52)53)11-14-41-26-27(29(50)28(26)49)43-25-16-18-1-2-20(25)15-18/h3-10,18,20,24-25,41,43H,1-2,11-17H2,(H,44,51)(H,52,53)(H2,42,45,46,47,48)/t18-,20+,24-,25+/m0/s1. The van der Waals surface area contributed by atoms with Gasteiger partial charge in [0.2, 0.25) is 11.9 Å². The van der Waals surface area contributed by atoms with Crippen LogP contribution in [0.1, 0.15) is 60.9 Å². The fraction of sp³-hybridized carbons (Fsp3) is 0.417. The Morgan fingerprint density at radius 2 is 1.65 bits per heavy atom. The number of anilines is 5. The van der Waals surface area contributed by atoms with Crippen LogP contribution in [0.4, 0.5) is 42.1 Å². The molecule has 3 fully saturated rings. The number of ether oxygens (including phenoxy) is 1. The van der Waals surface area contributed by atoms with E-state index in [0.29, 0.717) is 35.4 Å². The number of halogens is 4. The van der Waals surface area contributed by atoms with E-state index in [0.717, 1.165) is 24.8 Å². The lowest BCUT2D eigenvalue weighted by molar-refractivity contribution is -0.154. The van der Waals surface area contributed by atoms with Crippen molar-refractivity contribution in [2.45, 2.75) is 68.7 Å². The lowest BCUT2D eigenvalue weighted by Gasteiger charge is -2.26. The number of rotatable bonds is 16. The predicted octanol–water partition coefficient (Wildman–Crippen LogP) is 5.19. The number of hydrogen-bond donors (Lipinski definition) is 6. The van der Waals surface area contributed by atoms with Gasteiger partial charge in [-0.25, -0.2) is 4.79 Å². The molecule has 1 heterocycles. The van der Waals surface area contributed by atoms with Crippen molar-refractivity contribution in [1.29, 1.82) is 0 Å². The Kier molecular flexibility index (Phi) is 10.1. The van der Waals surface area contributed by atoms with Crippen molar-refractivity contribution in [1.82, 2.24) is 20.3 Å². The van der Waals surface area contributed by atoms with Crippen LogP contribution >= 0.6 is 11.6 Å². The maximum Gasteiger partial charge on any atom is 0.422 e. The summed E-state index contributed by atoms with van der Waals surface area (Å²) in [5.41, 5.74) is -0.0732. The summed E-state index contributed by atoms with van der Waals surface area (Å²) in [6.07, 6.45) is 1.05. The third-order valence-electron chi connectivity index (χ3n) is 10.2. The second kappa shape index (κ2) is 14.8. The average molecular weight is 769 g/mol. The Bertz CT molecular complexity index is 2110. The molecular formula is C36H36ClF3N8O6. The first-order valence-electron chi connectivity index (χ1n) is 17.5.